The van der Waals surface area contributed by atoms with Crippen molar-refractivity contribution >= 4 is 11.8 Å². The summed E-state index contributed by atoms with van der Waals surface area (Å²) < 4.78 is 11.3. The standard InChI is InChI=1S/C27H42O10/c1-26-8-7-13(36-25-22(33)20(31)21(32)23(37-25)24(34)35)9-12(26)3-4-14-15-5-6-16(18(30)11-28)27(15,2)10-17(29)19(14)26/h12-16,18-23,25,28,30-33H,3-11H2,1-2H3,(H,34,35)/t12-,13-,14-,15+,16+,18-,19+,20+,21+,22-,23+,25-,26+,27+/m1/s1. The molecular weight excluding hydrogens is 484 g/mol. The van der Waals surface area contributed by atoms with Crippen LogP contribution in [-0.2, 0) is 19.1 Å². The highest BCUT2D eigenvalue weighted by molar-refractivity contribution is 5.84. The zero-order valence-corrected chi connectivity index (χ0v) is 21.6. The number of carboxylic acid groups (broad SMARTS) is 1. The predicted octanol–water partition coefficient (Wildman–Crippen LogP) is 0.455. The molecule has 10 nitrogen and oxygen atoms in total. The van der Waals surface area contributed by atoms with Crippen LogP contribution in [0.1, 0.15) is 65.2 Å². The first-order valence-electron chi connectivity index (χ1n) is 13.8. The molecule has 4 aliphatic carbocycles. The molecule has 0 amide bonds. The van der Waals surface area contributed by atoms with Crippen LogP contribution in [0.25, 0.3) is 0 Å². The Morgan fingerprint density at radius 2 is 1.78 bits per heavy atom. The number of ketones is 1. The van der Waals surface area contributed by atoms with Gasteiger partial charge in [-0.1, -0.05) is 13.8 Å². The molecule has 0 aromatic rings. The minimum Gasteiger partial charge on any atom is -0.479 e. The second-order valence-electron chi connectivity index (χ2n) is 12.9. The summed E-state index contributed by atoms with van der Waals surface area (Å²) >= 11 is 0. The summed E-state index contributed by atoms with van der Waals surface area (Å²) in [6.07, 6.45) is -3.13. The third-order valence-corrected chi connectivity index (χ3v) is 11.2. The van der Waals surface area contributed by atoms with Gasteiger partial charge in [-0.05, 0) is 79.4 Å². The zero-order valence-electron chi connectivity index (χ0n) is 21.6. The normalized spacial score (nSPS) is 52.6. The minimum absolute atomic E-state index is 0.0554. The van der Waals surface area contributed by atoms with Gasteiger partial charge in [0.2, 0.25) is 0 Å². The first kappa shape index (κ1) is 27.4. The van der Waals surface area contributed by atoms with Crippen LogP contribution in [0.4, 0.5) is 0 Å². The van der Waals surface area contributed by atoms with E-state index in [-0.39, 0.29) is 53.0 Å². The molecule has 0 radical (unpaired) electrons. The summed E-state index contributed by atoms with van der Waals surface area (Å²) in [5, 5.41) is 59.8. The lowest BCUT2D eigenvalue weighted by atomic mass is 9.44. The number of ether oxygens (including phenoxy) is 2. The molecule has 37 heavy (non-hydrogen) atoms. The molecule has 0 spiro atoms. The largest absolute Gasteiger partial charge is 0.479 e. The molecule has 4 saturated carbocycles. The highest BCUT2D eigenvalue weighted by Gasteiger charge is 2.64. The van der Waals surface area contributed by atoms with Gasteiger partial charge in [-0.15, -0.1) is 0 Å². The van der Waals surface area contributed by atoms with Crippen molar-refractivity contribution in [3.05, 3.63) is 0 Å². The number of aliphatic hydroxyl groups is 5. The molecule has 0 aromatic heterocycles. The van der Waals surface area contributed by atoms with Crippen molar-refractivity contribution < 1.29 is 49.7 Å². The second-order valence-corrected chi connectivity index (χ2v) is 12.9. The Labute approximate surface area is 217 Å². The molecule has 6 N–H and O–H groups in total. The molecule has 5 aliphatic rings. The number of Topliss-reactive ketones (excluding diaryl/α,β-unsaturated/α-hetero) is 1. The highest BCUT2D eigenvalue weighted by atomic mass is 16.7. The van der Waals surface area contributed by atoms with Gasteiger partial charge in [0, 0.05) is 12.3 Å². The Kier molecular flexibility index (Phi) is 7.26. The van der Waals surface area contributed by atoms with Gasteiger partial charge in [-0.2, -0.15) is 0 Å². The molecule has 1 saturated heterocycles. The van der Waals surface area contributed by atoms with Crippen molar-refractivity contribution in [1.29, 1.82) is 0 Å². The molecule has 0 unspecified atom stereocenters. The van der Waals surface area contributed by atoms with E-state index in [1.807, 2.05) is 0 Å². The molecule has 210 valence electrons. The van der Waals surface area contributed by atoms with Crippen LogP contribution in [0.2, 0.25) is 0 Å². The van der Waals surface area contributed by atoms with Gasteiger partial charge >= 0.3 is 5.97 Å². The fourth-order valence-electron chi connectivity index (χ4n) is 9.31. The van der Waals surface area contributed by atoms with Crippen LogP contribution in [0.5, 0.6) is 0 Å². The predicted molar refractivity (Wildman–Crippen MR) is 128 cm³/mol. The number of carbonyl (C=O) groups excluding carboxylic acids is 1. The molecule has 14 atom stereocenters. The molecule has 1 aliphatic heterocycles. The molecule has 5 fully saturated rings. The minimum atomic E-state index is -1.76. The Hall–Kier alpha value is -1.14. The van der Waals surface area contributed by atoms with Crippen LogP contribution in [-0.4, -0.2) is 91.9 Å². The second kappa shape index (κ2) is 9.80. The van der Waals surface area contributed by atoms with Crippen LogP contribution in [0.3, 0.4) is 0 Å². The van der Waals surface area contributed by atoms with Gasteiger partial charge in [0.15, 0.2) is 12.4 Å². The molecular formula is C27H42O10. The van der Waals surface area contributed by atoms with Gasteiger partial charge in [0.05, 0.1) is 18.8 Å². The van der Waals surface area contributed by atoms with Gasteiger partial charge in [0.1, 0.15) is 24.1 Å². The number of carboxylic acids is 1. The smallest absolute Gasteiger partial charge is 0.335 e. The number of aliphatic carboxylic acids is 1. The number of aliphatic hydroxyl groups excluding tert-OH is 5. The van der Waals surface area contributed by atoms with Crippen LogP contribution in [0, 0.1) is 40.4 Å². The van der Waals surface area contributed by atoms with Crippen molar-refractivity contribution in [2.75, 3.05) is 6.61 Å². The van der Waals surface area contributed by atoms with Gasteiger partial charge in [-0.3, -0.25) is 4.79 Å². The number of fused-ring (bicyclic) bond motifs is 5. The molecule has 10 heteroatoms. The lowest BCUT2D eigenvalue weighted by Gasteiger charge is -2.60. The average molecular weight is 527 g/mol. The maximum Gasteiger partial charge on any atom is 0.335 e. The maximum atomic E-state index is 13.8. The van der Waals surface area contributed by atoms with Crippen molar-refractivity contribution in [3.8, 4) is 0 Å². The van der Waals surface area contributed by atoms with E-state index in [0.717, 1.165) is 32.1 Å². The first-order chi connectivity index (χ1) is 17.4. The van der Waals surface area contributed by atoms with Gasteiger partial charge in [-0.25, -0.2) is 4.79 Å². The van der Waals surface area contributed by atoms with E-state index in [9.17, 15) is 40.2 Å². The Morgan fingerprint density at radius 3 is 2.46 bits per heavy atom. The first-order valence-corrected chi connectivity index (χ1v) is 13.8. The third kappa shape index (κ3) is 4.27. The number of hydrogen-bond acceptors (Lipinski definition) is 9. The lowest BCUT2D eigenvalue weighted by Crippen LogP contribution is -2.61. The summed E-state index contributed by atoms with van der Waals surface area (Å²) in [6.45, 7) is 4.07. The number of carbonyl (C=O) groups is 2. The van der Waals surface area contributed by atoms with Crippen molar-refractivity contribution in [2.24, 2.45) is 40.4 Å². The van der Waals surface area contributed by atoms with E-state index in [1.165, 1.54) is 0 Å². The van der Waals surface area contributed by atoms with Crippen molar-refractivity contribution in [3.63, 3.8) is 0 Å². The topological polar surface area (TPSA) is 174 Å². The summed E-state index contributed by atoms with van der Waals surface area (Å²) in [5.41, 5.74) is -0.481. The van der Waals surface area contributed by atoms with E-state index >= 15 is 0 Å². The summed E-state index contributed by atoms with van der Waals surface area (Å²) in [5.74, 6) is -0.470. The highest BCUT2D eigenvalue weighted by Crippen LogP contribution is 2.67. The fraction of sp³-hybridized carbons (Fsp3) is 0.926. The fourth-order valence-corrected chi connectivity index (χ4v) is 9.31. The van der Waals surface area contributed by atoms with E-state index < -0.39 is 42.8 Å². The van der Waals surface area contributed by atoms with Crippen molar-refractivity contribution in [1.82, 2.24) is 0 Å². The Bertz CT molecular complexity index is 896. The lowest BCUT2D eigenvalue weighted by molar-refractivity contribution is -0.309. The van der Waals surface area contributed by atoms with E-state index in [4.69, 9.17) is 9.47 Å². The van der Waals surface area contributed by atoms with Crippen molar-refractivity contribution in [2.45, 2.75) is 108 Å². The summed E-state index contributed by atoms with van der Waals surface area (Å²) in [7, 11) is 0. The number of rotatable bonds is 5. The van der Waals surface area contributed by atoms with Gasteiger partial charge < -0.3 is 40.1 Å². The number of hydrogen-bond donors (Lipinski definition) is 6. The zero-order chi connectivity index (χ0) is 26.9. The Morgan fingerprint density at radius 1 is 1.05 bits per heavy atom. The molecule has 1 heterocycles. The van der Waals surface area contributed by atoms with Crippen LogP contribution < -0.4 is 0 Å². The SMILES string of the molecule is C[C@]12CC(=O)[C@@H]3[C@H](CC[C@@H]4C[C@H](O[C@@H]5O[C@H](C(=O)O)[C@@H](O)[C@H](O)[C@H]5O)CC[C@@]43C)[C@@H]1CC[C@H]2[C@H](O)CO. The maximum absolute atomic E-state index is 13.8. The molecule has 0 bridgehead atoms. The Balaban J connectivity index is 1.29. The average Bonchev–Trinajstić information content (AvgIpc) is 3.19. The monoisotopic (exact) mass is 526 g/mol. The quantitative estimate of drug-likeness (QED) is 0.276. The van der Waals surface area contributed by atoms with E-state index in [2.05, 4.69) is 13.8 Å². The van der Waals surface area contributed by atoms with Crippen LogP contribution in [0.15, 0.2) is 0 Å². The third-order valence-electron chi connectivity index (χ3n) is 11.2. The van der Waals surface area contributed by atoms with Crippen LogP contribution >= 0.6 is 0 Å². The van der Waals surface area contributed by atoms with E-state index in [1.54, 1.807) is 0 Å². The summed E-state index contributed by atoms with van der Waals surface area (Å²) in [6, 6.07) is 0. The summed E-state index contributed by atoms with van der Waals surface area (Å²) in [4.78, 5) is 25.2. The molecule has 0 aromatic carbocycles. The van der Waals surface area contributed by atoms with Gasteiger partial charge in [0.25, 0.3) is 0 Å². The molecule has 5 rings (SSSR count). The van der Waals surface area contributed by atoms with E-state index in [0.29, 0.717) is 25.2 Å².